The van der Waals surface area contributed by atoms with Gasteiger partial charge in [-0.3, -0.25) is 0 Å². The van der Waals surface area contributed by atoms with Crippen molar-refractivity contribution < 1.29 is 9.53 Å². The third-order valence-electron chi connectivity index (χ3n) is 4.21. The second-order valence-electron chi connectivity index (χ2n) is 6.29. The van der Waals surface area contributed by atoms with Crippen molar-refractivity contribution in [1.29, 1.82) is 0 Å². The van der Waals surface area contributed by atoms with E-state index in [1.165, 1.54) is 0 Å². The number of H-pyrrole nitrogens is 1. The molecule has 1 aromatic heterocycles. The van der Waals surface area contributed by atoms with Gasteiger partial charge in [0, 0.05) is 6.54 Å². The minimum absolute atomic E-state index is 0.204. The van der Waals surface area contributed by atoms with E-state index in [9.17, 15) is 4.79 Å². The molecule has 3 rings (SSSR count). The van der Waals surface area contributed by atoms with Gasteiger partial charge in [-0.1, -0.05) is 60.7 Å². The molecule has 1 amide bonds. The standard InChI is InChI=1S/C21H24N4O2/c22-18(20-24-14-19(25-20)17-10-5-2-6-11-17)12-7-13-23-21(26)27-15-16-8-3-1-4-9-16/h1-6,8-11,14,18H,7,12-13,15,22H2,(H,23,26)(H,24,25)/t18-/m0/s1. The molecule has 0 aliphatic heterocycles. The first-order valence-corrected chi connectivity index (χ1v) is 9.03. The zero-order chi connectivity index (χ0) is 18.9. The molecular weight excluding hydrogens is 340 g/mol. The van der Waals surface area contributed by atoms with E-state index in [2.05, 4.69) is 15.3 Å². The van der Waals surface area contributed by atoms with E-state index >= 15 is 0 Å². The molecule has 140 valence electrons. The average molecular weight is 364 g/mol. The molecule has 1 atom stereocenters. The molecule has 3 aromatic rings. The molecule has 0 bridgehead atoms. The molecule has 0 fully saturated rings. The van der Waals surface area contributed by atoms with E-state index in [4.69, 9.17) is 10.5 Å². The molecule has 6 heteroatoms. The number of benzene rings is 2. The monoisotopic (exact) mass is 364 g/mol. The molecule has 0 unspecified atom stereocenters. The highest BCUT2D eigenvalue weighted by Crippen LogP contribution is 2.19. The summed E-state index contributed by atoms with van der Waals surface area (Å²) in [6.45, 7) is 0.772. The Labute approximate surface area is 158 Å². The van der Waals surface area contributed by atoms with E-state index in [1.54, 1.807) is 6.20 Å². The SMILES string of the molecule is N[C@@H](CCCNC(=O)OCc1ccccc1)c1ncc(-c2ccccc2)[nH]1. The fraction of sp³-hybridized carbons (Fsp3) is 0.238. The molecule has 0 spiro atoms. The van der Waals surface area contributed by atoms with Gasteiger partial charge >= 0.3 is 6.09 Å². The van der Waals surface area contributed by atoms with Crippen LogP contribution < -0.4 is 11.1 Å². The lowest BCUT2D eigenvalue weighted by atomic mass is 10.1. The number of aromatic amines is 1. The maximum Gasteiger partial charge on any atom is 0.407 e. The number of ether oxygens (including phenoxy) is 1. The van der Waals surface area contributed by atoms with E-state index < -0.39 is 6.09 Å². The van der Waals surface area contributed by atoms with E-state index in [0.29, 0.717) is 13.0 Å². The Morgan fingerprint density at radius 3 is 2.56 bits per heavy atom. The second kappa shape index (κ2) is 9.54. The molecule has 0 radical (unpaired) electrons. The van der Waals surface area contributed by atoms with Crippen LogP contribution in [0.1, 0.15) is 30.3 Å². The predicted molar refractivity (Wildman–Crippen MR) is 105 cm³/mol. The maximum absolute atomic E-state index is 11.7. The third-order valence-corrected chi connectivity index (χ3v) is 4.21. The summed E-state index contributed by atoms with van der Waals surface area (Å²) in [5.41, 5.74) is 9.18. The minimum atomic E-state index is -0.420. The molecule has 0 saturated heterocycles. The van der Waals surface area contributed by atoms with Crippen molar-refractivity contribution in [1.82, 2.24) is 15.3 Å². The van der Waals surface area contributed by atoms with Crippen molar-refractivity contribution in [3.63, 3.8) is 0 Å². The predicted octanol–water partition coefficient (Wildman–Crippen LogP) is 3.78. The minimum Gasteiger partial charge on any atom is -0.445 e. The Hall–Kier alpha value is -3.12. The van der Waals surface area contributed by atoms with Gasteiger partial charge in [0.1, 0.15) is 12.4 Å². The summed E-state index contributed by atoms with van der Waals surface area (Å²) in [6.07, 6.45) is 2.82. The normalized spacial score (nSPS) is 11.7. The van der Waals surface area contributed by atoms with E-state index in [1.807, 2.05) is 60.7 Å². The van der Waals surface area contributed by atoms with E-state index in [0.717, 1.165) is 29.1 Å². The van der Waals surface area contributed by atoms with Gasteiger partial charge in [-0.25, -0.2) is 9.78 Å². The summed E-state index contributed by atoms with van der Waals surface area (Å²) in [5.74, 6) is 0.750. The molecule has 27 heavy (non-hydrogen) atoms. The third kappa shape index (κ3) is 5.69. The van der Waals surface area contributed by atoms with Crippen molar-refractivity contribution in [3.05, 3.63) is 78.2 Å². The molecule has 2 aromatic carbocycles. The number of aromatic nitrogens is 2. The number of carbonyl (C=O) groups is 1. The Kier molecular flexibility index (Phi) is 6.60. The average Bonchev–Trinajstić information content (AvgIpc) is 3.21. The summed E-state index contributed by atoms with van der Waals surface area (Å²) < 4.78 is 5.17. The molecule has 1 heterocycles. The van der Waals surface area contributed by atoms with Crippen molar-refractivity contribution in [2.45, 2.75) is 25.5 Å². The number of hydrogen-bond acceptors (Lipinski definition) is 4. The van der Waals surface area contributed by atoms with Crippen LogP contribution in [0.2, 0.25) is 0 Å². The van der Waals surface area contributed by atoms with Crippen molar-refractivity contribution in [2.75, 3.05) is 6.54 Å². The van der Waals surface area contributed by atoms with Crippen LogP contribution in [0, 0.1) is 0 Å². The van der Waals surface area contributed by atoms with Gasteiger partial charge in [-0.2, -0.15) is 0 Å². The largest absolute Gasteiger partial charge is 0.445 e. The highest BCUT2D eigenvalue weighted by atomic mass is 16.5. The molecule has 0 aliphatic rings. The highest BCUT2D eigenvalue weighted by molar-refractivity contribution is 5.67. The zero-order valence-electron chi connectivity index (χ0n) is 15.1. The molecule has 6 nitrogen and oxygen atoms in total. The van der Waals surface area contributed by atoms with Crippen LogP contribution >= 0.6 is 0 Å². The van der Waals surface area contributed by atoms with Crippen LogP contribution in [0.15, 0.2) is 66.9 Å². The number of hydrogen-bond donors (Lipinski definition) is 3. The van der Waals surface area contributed by atoms with Gasteiger partial charge in [0.15, 0.2) is 0 Å². The number of nitrogens with zero attached hydrogens (tertiary/aromatic N) is 1. The lowest BCUT2D eigenvalue weighted by molar-refractivity contribution is 0.139. The number of nitrogens with two attached hydrogens (primary N) is 1. The Bertz CT molecular complexity index is 834. The van der Waals surface area contributed by atoms with Crippen LogP contribution in [-0.2, 0) is 11.3 Å². The first kappa shape index (κ1) is 18.7. The lowest BCUT2D eigenvalue weighted by Gasteiger charge is -2.10. The smallest absolute Gasteiger partial charge is 0.407 e. The zero-order valence-corrected chi connectivity index (χ0v) is 15.1. The summed E-state index contributed by atoms with van der Waals surface area (Å²) in [7, 11) is 0. The quantitative estimate of drug-likeness (QED) is 0.530. The summed E-state index contributed by atoms with van der Waals surface area (Å²) in [4.78, 5) is 19.4. The molecular formula is C21H24N4O2. The first-order valence-electron chi connectivity index (χ1n) is 9.03. The lowest BCUT2D eigenvalue weighted by Crippen LogP contribution is -2.26. The molecule has 4 N–H and O–H groups in total. The molecule has 0 saturated carbocycles. The number of amides is 1. The number of imidazole rings is 1. The molecule has 0 aliphatic carbocycles. The van der Waals surface area contributed by atoms with Gasteiger partial charge in [0.2, 0.25) is 0 Å². The fourth-order valence-electron chi connectivity index (χ4n) is 2.71. The van der Waals surface area contributed by atoms with Crippen LogP contribution in [0.4, 0.5) is 4.79 Å². The number of alkyl carbamates (subject to hydrolysis) is 1. The number of nitrogens with one attached hydrogen (secondary N) is 2. The van der Waals surface area contributed by atoms with Crippen molar-refractivity contribution in [2.24, 2.45) is 5.73 Å². The number of carbonyl (C=O) groups excluding carboxylic acids is 1. The van der Waals surface area contributed by atoms with Gasteiger partial charge in [0.25, 0.3) is 0 Å². The van der Waals surface area contributed by atoms with Crippen LogP contribution in [0.3, 0.4) is 0 Å². The topological polar surface area (TPSA) is 93.0 Å². The van der Waals surface area contributed by atoms with Gasteiger partial charge < -0.3 is 20.8 Å². The summed E-state index contributed by atoms with van der Waals surface area (Å²) >= 11 is 0. The fourth-order valence-corrected chi connectivity index (χ4v) is 2.71. The van der Waals surface area contributed by atoms with Crippen LogP contribution in [0.25, 0.3) is 11.3 Å². The maximum atomic E-state index is 11.7. The highest BCUT2D eigenvalue weighted by Gasteiger charge is 2.11. The van der Waals surface area contributed by atoms with E-state index in [-0.39, 0.29) is 12.6 Å². The van der Waals surface area contributed by atoms with Crippen molar-refractivity contribution >= 4 is 6.09 Å². The Morgan fingerprint density at radius 2 is 1.81 bits per heavy atom. The number of rotatable bonds is 8. The van der Waals surface area contributed by atoms with Crippen LogP contribution in [0.5, 0.6) is 0 Å². The first-order chi connectivity index (χ1) is 13.2. The van der Waals surface area contributed by atoms with Gasteiger partial charge in [-0.05, 0) is 24.0 Å². The summed E-state index contributed by atoms with van der Waals surface area (Å²) in [6, 6.07) is 19.4. The van der Waals surface area contributed by atoms with Gasteiger partial charge in [-0.15, -0.1) is 0 Å². The summed E-state index contributed by atoms with van der Waals surface area (Å²) in [5, 5.41) is 2.74. The second-order valence-corrected chi connectivity index (χ2v) is 6.29. The van der Waals surface area contributed by atoms with Crippen LogP contribution in [-0.4, -0.2) is 22.6 Å². The van der Waals surface area contributed by atoms with Gasteiger partial charge in [0.05, 0.1) is 17.9 Å². The Balaban J connectivity index is 1.36. The van der Waals surface area contributed by atoms with Crippen molar-refractivity contribution in [3.8, 4) is 11.3 Å². The Morgan fingerprint density at radius 1 is 1.11 bits per heavy atom.